The first-order valence-electron chi connectivity index (χ1n) is 8.79. The Kier molecular flexibility index (Phi) is 8.12. The lowest BCUT2D eigenvalue weighted by atomic mass is 10.2. The molecule has 0 aliphatic carbocycles. The Labute approximate surface area is 153 Å². The molecule has 6 heteroatoms. The number of hydrogen-bond acceptors (Lipinski definition) is 5. The van der Waals surface area contributed by atoms with Crippen LogP contribution in [-0.2, 0) is 4.74 Å². The van der Waals surface area contributed by atoms with E-state index in [0.29, 0.717) is 17.7 Å². The van der Waals surface area contributed by atoms with E-state index in [1.165, 1.54) is 0 Å². The fourth-order valence-electron chi connectivity index (χ4n) is 2.23. The smallest absolute Gasteiger partial charge is 0.338 e. The van der Waals surface area contributed by atoms with Gasteiger partial charge in [-0.25, -0.2) is 4.79 Å². The van der Waals surface area contributed by atoms with Crippen LogP contribution in [0.2, 0.25) is 0 Å². The zero-order chi connectivity index (χ0) is 18.6. The van der Waals surface area contributed by atoms with Crippen LogP contribution in [0.5, 0.6) is 5.75 Å². The first kappa shape index (κ1) is 19.4. The summed E-state index contributed by atoms with van der Waals surface area (Å²) in [6.07, 6.45) is 6.41. The summed E-state index contributed by atoms with van der Waals surface area (Å²) in [6.45, 7) is 3.16. The van der Waals surface area contributed by atoms with Crippen LogP contribution in [0.1, 0.15) is 46.9 Å². The maximum Gasteiger partial charge on any atom is 0.338 e. The number of unbranched alkanes of at least 4 members (excludes halogenated alkanes) is 2. The van der Waals surface area contributed by atoms with Gasteiger partial charge in [-0.15, -0.1) is 0 Å². The van der Waals surface area contributed by atoms with Gasteiger partial charge < -0.3 is 14.8 Å². The number of ether oxygens (including phenoxy) is 2. The van der Waals surface area contributed by atoms with Gasteiger partial charge in [0.15, 0.2) is 0 Å². The molecule has 0 radical (unpaired) electrons. The molecular weight excluding hydrogens is 332 g/mol. The predicted molar refractivity (Wildman–Crippen MR) is 98.3 cm³/mol. The maximum atomic E-state index is 12.0. The number of benzene rings is 1. The zero-order valence-electron chi connectivity index (χ0n) is 14.9. The Morgan fingerprint density at radius 3 is 2.38 bits per heavy atom. The van der Waals surface area contributed by atoms with E-state index >= 15 is 0 Å². The Hall–Kier alpha value is -2.89. The van der Waals surface area contributed by atoms with Crippen molar-refractivity contribution in [3.8, 4) is 5.75 Å². The summed E-state index contributed by atoms with van der Waals surface area (Å²) in [7, 11) is 0. The molecule has 0 unspecified atom stereocenters. The average Bonchev–Trinajstić information content (AvgIpc) is 2.69. The summed E-state index contributed by atoms with van der Waals surface area (Å²) in [4.78, 5) is 27.7. The monoisotopic (exact) mass is 356 g/mol. The fourth-order valence-corrected chi connectivity index (χ4v) is 2.23. The fraction of sp³-hybridized carbons (Fsp3) is 0.350. The molecule has 1 amide bonds. The summed E-state index contributed by atoms with van der Waals surface area (Å²) < 4.78 is 10.8. The van der Waals surface area contributed by atoms with Crippen LogP contribution in [-0.4, -0.2) is 36.6 Å². The van der Waals surface area contributed by atoms with Crippen molar-refractivity contribution in [2.45, 2.75) is 26.2 Å². The lowest BCUT2D eigenvalue weighted by Crippen LogP contribution is -2.28. The summed E-state index contributed by atoms with van der Waals surface area (Å²) in [6, 6.07) is 10.1. The molecule has 1 aromatic heterocycles. The van der Waals surface area contributed by atoms with Crippen molar-refractivity contribution in [3.05, 3.63) is 59.9 Å². The van der Waals surface area contributed by atoms with Crippen LogP contribution >= 0.6 is 0 Å². The highest BCUT2D eigenvalue weighted by molar-refractivity contribution is 5.94. The minimum Gasteiger partial charge on any atom is -0.494 e. The number of esters is 1. The van der Waals surface area contributed by atoms with E-state index in [4.69, 9.17) is 9.47 Å². The van der Waals surface area contributed by atoms with Crippen LogP contribution in [0, 0.1) is 0 Å². The number of pyridine rings is 1. The van der Waals surface area contributed by atoms with Gasteiger partial charge in [0.1, 0.15) is 12.4 Å². The molecule has 2 rings (SSSR count). The van der Waals surface area contributed by atoms with Gasteiger partial charge in [0.2, 0.25) is 0 Å². The highest BCUT2D eigenvalue weighted by atomic mass is 16.5. The first-order chi connectivity index (χ1) is 12.7. The van der Waals surface area contributed by atoms with Crippen LogP contribution in [0.4, 0.5) is 0 Å². The highest BCUT2D eigenvalue weighted by Gasteiger charge is 2.08. The largest absolute Gasteiger partial charge is 0.494 e. The number of carbonyl (C=O) groups excluding carboxylic acids is 2. The number of aromatic nitrogens is 1. The van der Waals surface area contributed by atoms with E-state index in [1.807, 2.05) is 0 Å². The number of amides is 1. The third-order valence-corrected chi connectivity index (χ3v) is 3.67. The minimum absolute atomic E-state index is 0.102. The molecular formula is C20H24N2O4. The minimum atomic E-state index is -0.430. The molecule has 1 heterocycles. The molecule has 138 valence electrons. The summed E-state index contributed by atoms with van der Waals surface area (Å²) >= 11 is 0. The number of hydrogen-bond donors (Lipinski definition) is 1. The number of carbonyl (C=O) groups is 2. The molecule has 1 N–H and O–H groups in total. The van der Waals surface area contributed by atoms with Crippen molar-refractivity contribution < 1.29 is 19.1 Å². The van der Waals surface area contributed by atoms with E-state index in [-0.39, 0.29) is 19.1 Å². The van der Waals surface area contributed by atoms with Crippen molar-refractivity contribution >= 4 is 11.9 Å². The standard InChI is InChI=1S/C20H24N2O4/c1-2-3-4-14-25-18-7-5-17(6-8-18)20(24)26-15-13-22-19(23)16-9-11-21-12-10-16/h5-12H,2-4,13-15H2,1H3,(H,22,23). The quantitative estimate of drug-likeness (QED) is 0.522. The van der Waals surface area contributed by atoms with Gasteiger partial charge >= 0.3 is 5.97 Å². The van der Waals surface area contributed by atoms with Gasteiger partial charge in [0.05, 0.1) is 18.7 Å². The van der Waals surface area contributed by atoms with Crippen LogP contribution in [0.3, 0.4) is 0 Å². The SMILES string of the molecule is CCCCCOc1ccc(C(=O)OCCNC(=O)c2ccncc2)cc1. The van der Waals surface area contributed by atoms with Gasteiger partial charge in [0, 0.05) is 18.0 Å². The molecule has 0 spiro atoms. The molecule has 0 aliphatic rings. The van der Waals surface area contributed by atoms with E-state index in [1.54, 1.807) is 48.8 Å². The third-order valence-electron chi connectivity index (χ3n) is 3.67. The van der Waals surface area contributed by atoms with Crippen LogP contribution < -0.4 is 10.1 Å². The molecule has 0 bridgehead atoms. The second-order valence-corrected chi connectivity index (χ2v) is 5.71. The molecule has 0 aliphatic heterocycles. The van der Waals surface area contributed by atoms with Crippen molar-refractivity contribution in [2.24, 2.45) is 0 Å². The molecule has 2 aromatic rings. The highest BCUT2D eigenvalue weighted by Crippen LogP contribution is 2.13. The van der Waals surface area contributed by atoms with E-state index in [9.17, 15) is 9.59 Å². The number of nitrogens with one attached hydrogen (secondary N) is 1. The van der Waals surface area contributed by atoms with Crippen molar-refractivity contribution in [3.63, 3.8) is 0 Å². The molecule has 0 atom stereocenters. The summed E-state index contributed by atoms with van der Waals surface area (Å²) in [5, 5.41) is 2.68. The predicted octanol–water partition coefficient (Wildman–Crippen LogP) is 3.24. The average molecular weight is 356 g/mol. The zero-order valence-corrected chi connectivity index (χ0v) is 14.9. The lowest BCUT2D eigenvalue weighted by Gasteiger charge is -2.08. The van der Waals surface area contributed by atoms with Gasteiger partial charge in [-0.1, -0.05) is 19.8 Å². The Bertz CT molecular complexity index is 687. The van der Waals surface area contributed by atoms with Gasteiger partial charge in [0.25, 0.3) is 5.91 Å². The number of nitrogens with zero attached hydrogens (tertiary/aromatic N) is 1. The van der Waals surface area contributed by atoms with Crippen molar-refractivity contribution in [2.75, 3.05) is 19.8 Å². The Morgan fingerprint density at radius 1 is 0.962 bits per heavy atom. The van der Waals surface area contributed by atoms with E-state index < -0.39 is 5.97 Å². The topological polar surface area (TPSA) is 77.5 Å². The van der Waals surface area contributed by atoms with Crippen molar-refractivity contribution in [1.29, 1.82) is 0 Å². The normalized spacial score (nSPS) is 10.2. The first-order valence-corrected chi connectivity index (χ1v) is 8.79. The second kappa shape index (κ2) is 10.9. The van der Waals surface area contributed by atoms with E-state index in [2.05, 4.69) is 17.2 Å². The molecule has 6 nitrogen and oxygen atoms in total. The summed E-state index contributed by atoms with van der Waals surface area (Å²) in [5.74, 6) is 0.0796. The van der Waals surface area contributed by atoms with Gasteiger partial charge in [-0.3, -0.25) is 9.78 Å². The van der Waals surface area contributed by atoms with E-state index in [0.717, 1.165) is 25.0 Å². The Balaban J connectivity index is 1.68. The second-order valence-electron chi connectivity index (χ2n) is 5.71. The molecule has 0 saturated heterocycles. The lowest BCUT2D eigenvalue weighted by molar-refractivity contribution is 0.0503. The third kappa shape index (κ3) is 6.55. The molecule has 1 aromatic carbocycles. The van der Waals surface area contributed by atoms with Gasteiger partial charge in [-0.2, -0.15) is 0 Å². The van der Waals surface area contributed by atoms with Gasteiger partial charge in [-0.05, 0) is 42.8 Å². The maximum absolute atomic E-state index is 12.0. The van der Waals surface area contributed by atoms with Crippen LogP contribution in [0.15, 0.2) is 48.8 Å². The van der Waals surface area contributed by atoms with Crippen molar-refractivity contribution in [1.82, 2.24) is 10.3 Å². The number of rotatable bonds is 10. The molecule has 26 heavy (non-hydrogen) atoms. The molecule has 0 saturated carbocycles. The van der Waals surface area contributed by atoms with Crippen LogP contribution in [0.25, 0.3) is 0 Å². The summed E-state index contributed by atoms with van der Waals surface area (Å²) in [5.41, 5.74) is 0.965. The molecule has 0 fully saturated rings. The Morgan fingerprint density at radius 2 is 1.69 bits per heavy atom.